The Hall–Kier alpha value is -1.51. The molecule has 0 fully saturated rings. The molecule has 0 saturated heterocycles. The maximum atomic E-state index is 8.60. The van der Waals surface area contributed by atoms with Gasteiger partial charge in [-0.15, -0.1) is 11.6 Å². The highest BCUT2D eigenvalue weighted by molar-refractivity contribution is 6.19. The third-order valence-corrected chi connectivity index (χ3v) is 1.34. The van der Waals surface area contributed by atoms with Gasteiger partial charge in [0.25, 0.3) is 0 Å². The van der Waals surface area contributed by atoms with E-state index in [-0.39, 0.29) is 5.88 Å². The zero-order chi connectivity index (χ0) is 8.81. The fourth-order valence-electron chi connectivity index (χ4n) is 0.724. The number of pyridine rings is 1. The first kappa shape index (κ1) is 8.59. The zero-order valence-electron chi connectivity index (χ0n) is 6.21. The monoisotopic (exact) mass is 176 g/mol. The third-order valence-electron chi connectivity index (χ3n) is 1.20. The number of nitriles is 1. The summed E-state index contributed by atoms with van der Waals surface area (Å²) in [5, 5.41) is 8.60. The van der Waals surface area contributed by atoms with Crippen LogP contribution < -0.4 is 0 Å². The molecule has 0 unspecified atom stereocenters. The van der Waals surface area contributed by atoms with E-state index >= 15 is 0 Å². The Morgan fingerprint density at radius 2 is 2.42 bits per heavy atom. The molecule has 3 heteroatoms. The molecule has 0 spiro atoms. The molecule has 0 aliphatic heterocycles. The Labute approximate surface area is 75.8 Å². The Bertz CT molecular complexity index is 368. The lowest BCUT2D eigenvalue weighted by Crippen LogP contribution is -1.86. The fourth-order valence-corrected chi connectivity index (χ4v) is 0.791. The second kappa shape index (κ2) is 4.38. The normalized spacial score (nSPS) is 8.00. The maximum absolute atomic E-state index is 8.60. The summed E-state index contributed by atoms with van der Waals surface area (Å²) in [6.07, 6.45) is 1.56. The summed E-state index contributed by atoms with van der Waals surface area (Å²) < 4.78 is 0. The highest BCUT2D eigenvalue weighted by Crippen LogP contribution is 2.00. The minimum atomic E-state index is 0.264. The van der Waals surface area contributed by atoms with Crippen molar-refractivity contribution in [1.82, 2.24) is 4.98 Å². The number of nitrogens with zero attached hydrogens (tertiary/aromatic N) is 2. The highest BCUT2D eigenvalue weighted by Gasteiger charge is 1.96. The summed E-state index contributed by atoms with van der Waals surface area (Å²) in [7, 11) is 0. The van der Waals surface area contributed by atoms with Gasteiger partial charge in [-0.3, -0.25) is 0 Å². The molecule has 58 valence electrons. The first-order valence-electron chi connectivity index (χ1n) is 3.28. The van der Waals surface area contributed by atoms with Crippen LogP contribution in [0.25, 0.3) is 0 Å². The summed E-state index contributed by atoms with van der Waals surface area (Å²) in [5.41, 5.74) is 0.968. The van der Waals surface area contributed by atoms with E-state index in [1.165, 1.54) is 0 Å². The number of halogens is 1. The highest BCUT2D eigenvalue weighted by atomic mass is 35.5. The van der Waals surface area contributed by atoms with Crippen LogP contribution in [0.4, 0.5) is 0 Å². The summed E-state index contributed by atoms with van der Waals surface area (Å²) in [4.78, 5) is 3.84. The molecule has 1 rings (SSSR count). The molecular weight excluding hydrogens is 172 g/mol. The van der Waals surface area contributed by atoms with Crippen LogP contribution in [0.15, 0.2) is 18.3 Å². The van der Waals surface area contributed by atoms with Gasteiger partial charge in [0.1, 0.15) is 6.07 Å². The Balaban J connectivity index is 3.07. The van der Waals surface area contributed by atoms with Crippen molar-refractivity contribution < 1.29 is 0 Å². The van der Waals surface area contributed by atoms with Crippen LogP contribution in [-0.2, 0) is 0 Å². The van der Waals surface area contributed by atoms with Crippen LogP contribution in [0.5, 0.6) is 0 Å². The van der Waals surface area contributed by atoms with Crippen molar-refractivity contribution in [3.63, 3.8) is 0 Å². The average Bonchev–Trinajstić information content (AvgIpc) is 2.15. The summed E-state index contributed by atoms with van der Waals surface area (Å²) in [6, 6.07) is 5.42. The molecule has 0 atom stereocenters. The van der Waals surface area contributed by atoms with Crippen molar-refractivity contribution in [2.24, 2.45) is 0 Å². The second-order valence-electron chi connectivity index (χ2n) is 1.95. The molecule has 0 aromatic carbocycles. The summed E-state index contributed by atoms with van der Waals surface area (Å²) >= 11 is 5.37. The molecule has 1 aromatic rings. The second-order valence-corrected chi connectivity index (χ2v) is 2.21. The first-order chi connectivity index (χ1) is 5.88. The van der Waals surface area contributed by atoms with E-state index in [4.69, 9.17) is 16.9 Å². The lowest BCUT2D eigenvalue weighted by molar-refractivity contribution is 1.25. The molecule has 0 saturated carbocycles. The van der Waals surface area contributed by atoms with Crippen molar-refractivity contribution in [2.75, 3.05) is 5.88 Å². The van der Waals surface area contributed by atoms with E-state index in [0.29, 0.717) is 11.3 Å². The van der Waals surface area contributed by atoms with Gasteiger partial charge in [-0.1, -0.05) is 11.8 Å². The molecule has 0 aliphatic carbocycles. The lowest BCUT2D eigenvalue weighted by Gasteiger charge is -1.90. The third kappa shape index (κ3) is 1.99. The molecule has 0 aliphatic rings. The van der Waals surface area contributed by atoms with Crippen LogP contribution in [0, 0.1) is 23.2 Å². The van der Waals surface area contributed by atoms with Gasteiger partial charge in [0.2, 0.25) is 0 Å². The molecule has 12 heavy (non-hydrogen) atoms. The molecule has 2 nitrogen and oxygen atoms in total. The van der Waals surface area contributed by atoms with E-state index in [1.54, 1.807) is 18.3 Å². The van der Waals surface area contributed by atoms with Gasteiger partial charge in [0.05, 0.1) is 11.4 Å². The predicted molar refractivity (Wildman–Crippen MR) is 46.6 cm³/mol. The van der Waals surface area contributed by atoms with Gasteiger partial charge in [-0.05, 0) is 12.1 Å². The minimum absolute atomic E-state index is 0.264. The fraction of sp³-hybridized carbons (Fsp3) is 0.111. The van der Waals surface area contributed by atoms with E-state index in [0.717, 1.165) is 0 Å². The predicted octanol–water partition coefficient (Wildman–Crippen LogP) is 1.54. The quantitative estimate of drug-likeness (QED) is 0.444. The number of hydrogen-bond donors (Lipinski definition) is 0. The molecule has 0 N–H and O–H groups in total. The molecule has 0 radical (unpaired) electrons. The minimum Gasteiger partial charge on any atom is -0.244 e. The summed E-state index contributed by atoms with van der Waals surface area (Å²) in [5.74, 6) is 5.67. The smallest absolute Gasteiger partial charge is 0.156 e. The molecule has 1 aromatic heterocycles. The standard InChI is InChI=1S/C9H5ClN2/c10-5-1-3-8-4-2-6-12-9(8)7-11/h2,4,6H,5H2. The first-order valence-corrected chi connectivity index (χ1v) is 3.82. The average molecular weight is 177 g/mol. The van der Waals surface area contributed by atoms with Crippen molar-refractivity contribution >= 4 is 11.6 Å². The number of rotatable bonds is 0. The number of hydrogen-bond acceptors (Lipinski definition) is 2. The van der Waals surface area contributed by atoms with Gasteiger partial charge < -0.3 is 0 Å². The van der Waals surface area contributed by atoms with Crippen molar-refractivity contribution in [3.05, 3.63) is 29.6 Å². The van der Waals surface area contributed by atoms with Gasteiger partial charge in [0, 0.05) is 6.20 Å². The largest absolute Gasteiger partial charge is 0.244 e. The van der Waals surface area contributed by atoms with Crippen molar-refractivity contribution in [3.8, 4) is 17.9 Å². The summed E-state index contributed by atoms with van der Waals surface area (Å²) in [6.45, 7) is 0. The van der Waals surface area contributed by atoms with Gasteiger partial charge in [0.15, 0.2) is 5.69 Å². The van der Waals surface area contributed by atoms with Crippen molar-refractivity contribution in [2.45, 2.75) is 0 Å². The van der Waals surface area contributed by atoms with Crippen LogP contribution in [0.3, 0.4) is 0 Å². The Kier molecular flexibility index (Phi) is 3.14. The van der Waals surface area contributed by atoms with Crippen molar-refractivity contribution in [1.29, 1.82) is 5.26 Å². The lowest BCUT2D eigenvalue weighted by atomic mass is 10.2. The van der Waals surface area contributed by atoms with Gasteiger partial charge >= 0.3 is 0 Å². The number of aromatic nitrogens is 1. The topological polar surface area (TPSA) is 36.7 Å². The van der Waals surface area contributed by atoms with Gasteiger partial charge in [-0.25, -0.2) is 4.98 Å². The van der Waals surface area contributed by atoms with E-state index in [9.17, 15) is 0 Å². The van der Waals surface area contributed by atoms with Crippen LogP contribution in [0.2, 0.25) is 0 Å². The van der Waals surface area contributed by atoms with Crippen LogP contribution in [0.1, 0.15) is 11.3 Å². The zero-order valence-corrected chi connectivity index (χ0v) is 6.97. The van der Waals surface area contributed by atoms with Crippen LogP contribution in [-0.4, -0.2) is 10.9 Å². The van der Waals surface area contributed by atoms with Gasteiger partial charge in [-0.2, -0.15) is 5.26 Å². The van der Waals surface area contributed by atoms with E-state index in [2.05, 4.69) is 16.8 Å². The molecule has 0 bridgehead atoms. The maximum Gasteiger partial charge on any atom is 0.156 e. The number of alkyl halides is 1. The molecule has 1 heterocycles. The van der Waals surface area contributed by atoms with Crippen LogP contribution >= 0.6 is 11.6 Å². The molecular formula is C9H5ClN2. The Morgan fingerprint density at radius 3 is 3.08 bits per heavy atom. The molecule has 0 amide bonds. The van der Waals surface area contributed by atoms with E-state index < -0.39 is 0 Å². The Morgan fingerprint density at radius 1 is 1.58 bits per heavy atom. The van der Waals surface area contributed by atoms with E-state index in [1.807, 2.05) is 6.07 Å². The SMILES string of the molecule is N#Cc1ncccc1C#CCCl.